The van der Waals surface area contributed by atoms with E-state index in [1.807, 2.05) is 0 Å². The first kappa shape index (κ1) is 12.4. The summed E-state index contributed by atoms with van der Waals surface area (Å²) in [5.74, 6) is 0. The molecule has 0 aliphatic carbocycles. The molecule has 0 amide bonds. The van der Waals surface area contributed by atoms with Crippen molar-refractivity contribution in [3.8, 4) is 11.1 Å². The van der Waals surface area contributed by atoms with E-state index >= 15 is 0 Å². The van der Waals surface area contributed by atoms with E-state index in [1.54, 1.807) is 19.1 Å². The number of rotatable bonds is 1. The van der Waals surface area contributed by atoms with Crippen LogP contribution in [0.3, 0.4) is 0 Å². The van der Waals surface area contributed by atoms with Gasteiger partial charge in [-0.1, -0.05) is 12.1 Å². The normalized spacial score (nSPS) is 11.6. The lowest BCUT2D eigenvalue weighted by Crippen LogP contribution is -2.28. The lowest BCUT2D eigenvalue weighted by molar-refractivity contribution is -0.612. The highest BCUT2D eigenvalue weighted by molar-refractivity contribution is 5.63. The van der Waals surface area contributed by atoms with E-state index in [0.29, 0.717) is 21.6 Å². The third kappa shape index (κ3) is 2.45. The SMILES string of the molecule is Cc1cc(-c2ccc(C(F)(F)F)cc2)cc[n+]1[O-]. The van der Waals surface area contributed by atoms with Crippen LogP contribution in [0.2, 0.25) is 0 Å². The average Bonchev–Trinajstić information content (AvgIpc) is 2.32. The van der Waals surface area contributed by atoms with Crippen LogP contribution in [-0.4, -0.2) is 0 Å². The van der Waals surface area contributed by atoms with E-state index in [0.717, 1.165) is 12.1 Å². The first-order chi connectivity index (χ1) is 8.38. The van der Waals surface area contributed by atoms with Crippen molar-refractivity contribution in [3.05, 3.63) is 59.1 Å². The van der Waals surface area contributed by atoms with Crippen LogP contribution in [0.15, 0.2) is 42.6 Å². The fourth-order valence-electron chi connectivity index (χ4n) is 1.63. The number of hydrogen-bond acceptors (Lipinski definition) is 1. The molecule has 0 aliphatic rings. The van der Waals surface area contributed by atoms with E-state index in [-0.39, 0.29) is 0 Å². The minimum absolute atomic E-state index is 0.493. The van der Waals surface area contributed by atoms with Crippen molar-refractivity contribution in [3.63, 3.8) is 0 Å². The number of halogens is 3. The second-order valence-corrected chi connectivity index (χ2v) is 3.96. The molecule has 2 aromatic rings. The van der Waals surface area contributed by atoms with Gasteiger partial charge in [-0.3, -0.25) is 0 Å². The molecule has 1 aromatic carbocycles. The van der Waals surface area contributed by atoms with Crippen molar-refractivity contribution in [1.82, 2.24) is 0 Å². The molecule has 0 radical (unpaired) electrons. The van der Waals surface area contributed by atoms with Gasteiger partial charge in [0.1, 0.15) is 0 Å². The number of hydrogen-bond donors (Lipinski definition) is 0. The van der Waals surface area contributed by atoms with Crippen molar-refractivity contribution < 1.29 is 17.9 Å². The van der Waals surface area contributed by atoms with Gasteiger partial charge < -0.3 is 5.21 Å². The van der Waals surface area contributed by atoms with Crippen molar-refractivity contribution in [1.29, 1.82) is 0 Å². The summed E-state index contributed by atoms with van der Waals surface area (Å²) in [5, 5.41) is 11.2. The molecule has 1 aromatic heterocycles. The fraction of sp³-hybridized carbons (Fsp3) is 0.154. The maximum Gasteiger partial charge on any atom is 0.416 e. The molecule has 0 spiro atoms. The van der Waals surface area contributed by atoms with E-state index in [9.17, 15) is 18.4 Å². The lowest BCUT2D eigenvalue weighted by atomic mass is 10.0. The van der Waals surface area contributed by atoms with Gasteiger partial charge in [0.05, 0.1) is 5.56 Å². The Balaban J connectivity index is 2.37. The molecule has 0 N–H and O–H groups in total. The average molecular weight is 253 g/mol. The highest BCUT2D eigenvalue weighted by Crippen LogP contribution is 2.30. The van der Waals surface area contributed by atoms with Crippen LogP contribution in [0.1, 0.15) is 11.3 Å². The largest absolute Gasteiger partial charge is 0.619 e. The number of aryl methyl sites for hydroxylation is 1. The zero-order chi connectivity index (χ0) is 13.3. The number of nitrogens with zero attached hydrogens (tertiary/aromatic N) is 1. The Morgan fingerprint density at radius 3 is 2.11 bits per heavy atom. The van der Waals surface area contributed by atoms with Gasteiger partial charge in [0.15, 0.2) is 11.9 Å². The van der Waals surface area contributed by atoms with E-state index in [1.165, 1.54) is 18.3 Å². The molecular formula is C13H10F3NO. The summed E-state index contributed by atoms with van der Waals surface area (Å²) in [6, 6.07) is 8.06. The molecule has 0 atom stereocenters. The van der Waals surface area contributed by atoms with Gasteiger partial charge in [0.2, 0.25) is 0 Å². The monoisotopic (exact) mass is 253 g/mol. The van der Waals surface area contributed by atoms with Gasteiger partial charge in [0, 0.05) is 19.1 Å². The summed E-state index contributed by atoms with van der Waals surface area (Å²) in [5.41, 5.74) is 1.17. The van der Waals surface area contributed by atoms with Crippen LogP contribution in [0, 0.1) is 12.1 Å². The third-order valence-electron chi connectivity index (χ3n) is 2.65. The maximum atomic E-state index is 12.4. The van der Waals surface area contributed by atoms with Crippen LogP contribution in [-0.2, 0) is 6.18 Å². The fourth-order valence-corrected chi connectivity index (χ4v) is 1.63. The molecule has 18 heavy (non-hydrogen) atoms. The zero-order valence-electron chi connectivity index (χ0n) is 9.53. The van der Waals surface area contributed by atoms with Gasteiger partial charge in [-0.15, -0.1) is 0 Å². The Morgan fingerprint density at radius 2 is 1.61 bits per heavy atom. The molecule has 0 bridgehead atoms. The maximum absolute atomic E-state index is 12.4. The predicted octanol–water partition coefficient (Wildman–Crippen LogP) is 3.31. The van der Waals surface area contributed by atoms with E-state index in [4.69, 9.17) is 0 Å². The van der Waals surface area contributed by atoms with Crippen LogP contribution in [0.4, 0.5) is 13.2 Å². The summed E-state index contributed by atoms with van der Waals surface area (Å²) >= 11 is 0. The molecular weight excluding hydrogens is 243 g/mol. The third-order valence-corrected chi connectivity index (χ3v) is 2.65. The molecule has 5 heteroatoms. The lowest BCUT2D eigenvalue weighted by Gasteiger charge is -2.08. The molecule has 2 nitrogen and oxygen atoms in total. The Kier molecular flexibility index (Phi) is 2.98. The number of alkyl halides is 3. The number of benzene rings is 1. The zero-order valence-corrected chi connectivity index (χ0v) is 9.53. The van der Waals surface area contributed by atoms with Gasteiger partial charge >= 0.3 is 6.18 Å². The summed E-state index contributed by atoms with van der Waals surface area (Å²) in [4.78, 5) is 0. The standard InChI is InChI=1S/C13H10F3NO/c1-9-8-11(6-7-17(9)18)10-2-4-12(5-3-10)13(14,15)16/h2-8H,1H3. The van der Waals surface area contributed by atoms with Gasteiger partial charge in [-0.05, 0) is 23.3 Å². The van der Waals surface area contributed by atoms with Crippen LogP contribution < -0.4 is 4.73 Å². The van der Waals surface area contributed by atoms with E-state index in [2.05, 4.69) is 0 Å². The quantitative estimate of drug-likeness (QED) is 0.565. The minimum atomic E-state index is -4.33. The molecule has 1 heterocycles. The van der Waals surface area contributed by atoms with Crippen molar-refractivity contribution in [2.24, 2.45) is 0 Å². The van der Waals surface area contributed by atoms with Crippen LogP contribution in [0.25, 0.3) is 11.1 Å². The van der Waals surface area contributed by atoms with Gasteiger partial charge in [0.25, 0.3) is 0 Å². The van der Waals surface area contributed by atoms with Crippen molar-refractivity contribution in [2.75, 3.05) is 0 Å². The Labute approximate surface area is 102 Å². The first-order valence-corrected chi connectivity index (χ1v) is 5.25. The topological polar surface area (TPSA) is 26.9 Å². The highest BCUT2D eigenvalue weighted by atomic mass is 19.4. The first-order valence-electron chi connectivity index (χ1n) is 5.25. The smallest absolute Gasteiger partial charge is 0.416 e. The second-order valence-electron chi connectivity index (χ2n) is 3.96. The molecule has 0 unspecified atom stereocenters. The van der Waals surface area contributed by atoms with Crippen molar-refractivity contribution >= 4 is 0 Å². The Morgan fingerprint density at radius 1 is 1.00 bits per heavy atom. The molecule has 0 saturated carbocycles. The summed E-state index contributed by atoms with van der Waals surface area (Å²) < 4.78 is 37.9. The van der Waals surface area contributed by atoms with Crippen LogP contribution in [0.5, 0.6) is 0 Å². The summed E-state index contributed by atoms with van der Waals surface area (Å²) in [6.07, 6.45) is -2.99. The molecule has 2 rings (SSSR count). The summed E-state index contributed by atoms with van der Waals surface area (Å²) in [7, 11) is 0. The Bertz CT molecular complexity index is 561. The molecule has 0 saturated heterocycles. The van der Waals surface area contributed by atoms with Gasteiger partial charge in [-0.25, -0.2) is 0 Å². The number of aromatic nitrogens is 1. The highest BCUT2D eigenvalue weighted by Gasteiger charge is 2.29. The van der Waals surface area contributed by atoms with Crippen LogP contribution >= 0.6 is 0 Å². The van der Waals surface area contributed by atoms with E-state index < -0.39 is 11.7 Å². The Hall–Kier alpha value is -2.04. The molecule has 0 fully saturated rings. The molecule has 0 aliphatic heterocycles. The second kappa shape index (κ2) is 4.33. The minimum Gasteiger partial charge on any atom is -0.619 e. The predicted molar refractivity (Wildman–Crippen MR) is 60.6 cm³/mol. The van der Waals surface area contributed by atoms with Crippen molar-refractivity contribution in [2.45, 2.75) is 13.1 Å². The molecule has 94 valence electrons. The number of pyridine rings is 1. The summed E-state index contributed by atoms with van der Waals surface area (Å²) in [6.45, 7) is 1.64. The van der Waals surface area contributed by atoms with Gasteiger partial charge in [-0.2, -0.15) is 17.9 Å².